The van der Waals surface area contributed by atoms with E-state index in [1.807, 2.05) is 0 Å². The third-order valence-corrected chi connectivity index (χ3v) is 7.71. The first-order chi connectivity index (χ1) is 11.6. The predicted octanol–water partition coefficient (Wildman–Crippen LogP) is 6.02. The van der Waals surface area contributed by atoms with Crippen LogP contribution in [0.15, 0.2) is 0 Å². The zero-order valence-corrected chi connectivity index (χ0v) is 16.0. The summed E-state index contributed by atoms with van der Waals surface area (Å²) in [6.45, 7) is 4.60. The van der Waals surface area contributed by atoms with Crippen molar-refractivity contribution in [2.24, 2.45) is 11.8 Å². The third-order valence-electron chi connectivity index (χ3n) is 7.71. The molecular weight excluding hydrogens is 296 g/mol. The standard InChI is InChI=1S/C22H38O2/c1-21-13-12-18(19(16-21)23-21)10-8-6-4-3-5-7-9-17-11-14-22(2)20(15-17)24-22/h17-20H,3-16H2,1-2H3. The van der Waals surface area contributed by atoms with Gasteiger partial charge in [-0.3, -0.25) is 0 Å². The lowest BCUT2D eigenvalue weighted by Crippen LogP contribution is -2.55. The molecule has 5 fully saturated rings. The van der Waals surface area contributed by atoms with Crippen molar-refractivity contribution in [2.45, 2.75) is 127 Å². The molecule has 0 radical (unpaired) electrons. The number of hydrogen-bond acceptors (Lipinski definition) is 2. The summed E-state index contributed by atoms with van der Waals surface area (Å²) in [7, 11) is 0. The largest absolute Gasteiger partial charge is 0.372 e. The molecule has 2 bridgehead atoms. The molecule has 0 amide bonds. The maximum Gasteiger partial charge on any atom is 0.0920 e. The van der Waals surface area contributed by atoms with Crippen LogP contribution in [0, 0.1) is 11.8 Å². The summed E-state index contributed by atoms with van der Waals surface area (Å²) in [6.07, 6.45) is 20.9. The number of ether oxygens (including phenoxy) is 2. The molecule has 2 nitrogen and oxygen atoms in total. The van der Waals surface area contributed by atoms with Gasteiger partial charge in [0.1, 0.15) is 0 Å². The molecule has 0 aromatic heterocycles. The highest BCUT2D eigenvalue weighted by Crippen LogP contribution is 2.50. The van der Waals surface area contributed by atoms with E-state index in [1.54, 1.807) is 0 Å². The Morgan fingerprint density at radius 1 is 0.833 bits per heavy atom. The van der Waals surface area contributed by atoms with Crippen LogP contribution in [0.25, 0.3) is 0 Å². The lowest BCUT2D eigenvalue weighted by atomic mass is 9.71. The Hall–Kier alpha value is -0.0800. The molecular formula is C22H38O2. The highest BCUT2D eigenvalue weighted by atomic mass is 16.6. The molecule has 0 aromatic rings. The summed E-state index contributed by atoms with van der Waals surface area (Å²) >= 11 is 0. The van der Waals surface area contributed by atoms with E-state index in [0.717, 1.165) is 11.8 Å². The summed E-state index contributed by atoms with van der Waals surface area (Å²) in [5.74, 6) is 1.85. The monoisotopic (exact) mass is 334 g/mol. The van der Waals surface area contributed by atoms with Gasteiger partial charge in [0.15, 0.2) is 0 Å². The molecule has 6 atom stereocenters. The van der Waals surface area contributed by atoms with Crippen molar-refractivity contribution in [3.8, 4) is 0 Å². The second-order valence-corrected chi connectivity index (χ2v) is 9.87. The molecule has 2 heteroatoms. The second-order valence-electron chi connectivity index (χ2n) is 9.87. The van der Waals surface area contributed by atoms with E-state index < -0.39 is 0 Å². The van der Waals surface area contributed by atoms with E-state index in [4.69, 9.17) is 9.47 Å². The molecule has 138 valence electrons. The topological polar surface area (TPSA) is 21.8 Å². The average molecular weight is 335 g/mol. The van der Waals surface area contributed by atoms with Crippen molar-refractivity contribution in [2.75, 3.05) is 0 Å². The van der Waals surface area contributed by atoms with Crippen molar-refractivity contribution < 1.29 is 9.47 Å². The first-order valence-corrected chi connectivity index (χ1v) is 10.9. The third kappa shape index (κ3) is 3.85. The van der Waals surface area contributed by atoms with Gasteiger partial charge >= 0.3 is 0 Å². The van der Waals surface area contributed by atoms with Crippen LogP contribution < -0.4 is 0 Å². The van der Waals surface area contributed by atoms with Crippen LogP contribution in [0.5, 0.6) is 0 Å². The Morgan fingerprint density at radius 3 is 2.21 bits per heavy atom. The van der Waals surface area contributed by atoms with Gasteiger partial charge in [-0.05, 0) is 64.2 Å². The van der Waals surface area contributed by atoms with E-state index >= 15 is 0 Å². The molecule has 0 aromatic carbocycles. The molecule has 24 heavy (non-hydrogen) atoms. The van der Waals surface area contributed by atoms with Gasteiger partial charge in [0.25, 0.3) is 0 Å². The molecule has 2 aliphatic carbocycles. The molecule has 2 saturated carbocycles. The summed E-state index contributed by atoms with van der Waals surface area (Å²) < 4.78 is 11.9. The second kappa shape index (κ2) is 6.91. The maximum atomic E-state index is 6.05. The Bertz CT molecular complexity index is 422. The maximum absolute atomic E-state index is 6.05. The zero-order chi connectivity index (χ0) is 16.6. The van der Waals surface area contributed by atoms with Gasteiger partial charge in [-0.1, -0.05) is 44.9 Å². The van der Waals surface area contributed by atoms with E-state index in [2.05, 4.69) is 13.8 Å². The minimum atomic E-state index is 0.282. The van der Waals surface area contributed by atoms with Crippen LogP contribution in [0.2, 0.25) is 0 Å². The van der Waals surface area contributed by atoms with Gasteiger partial charge in [-0.25, -0.2) is 0 Å². The first kappa shape index (κ1) is 17.3. The minimum absolute atomic E-state index is 0.282. The summed E-state index contributed by atoms with van der Waals surface area (Å²) in [4.78, 5) is 0. The Labute approximate surface area is 149 Å². The molecule has 3 aliphatic heterocycles. The van der Waals surface area contributed by atoms with Crippen molar-refractivity contribution >= 4 is 0 Å². The molecule has 6 unspecified atom stereocenters. The van der Waals surface area contributed by atoms with Crippen LogP contribution in [0.3, 0.4) is 0 Å². The minimum Gasteiger partial charge on any atom is -0.372 e. The molecule has 5 aliphatic rings. The van der Waals surface area contributed by atoms with Crippen molar-refractivity contribution in [3.05, 3.63) is 0 Å². The smallest absolute Gasteiger partial charge is 0.0920 e. The normalized spacial score (nSPS) is 46.2. The Kier molecular flexibility index (Phi) is 4.99. The molecule has 3 heterocycles. The number of unbranched alkanes of at least 4 members (excludes halogenated alkanes) is 5. The fourth-order valence-electron chi connectivity index (χ4n) is 5.74. The Balaban J connectivity index is 0.973. The molecule has 3 saturated heterocycles. The van der Waals surface area contributed by atoms with Crippen LogP contribution in [-0.4, -0.2) is 23.4 Å². The number of hydrogen-bond donors (Lipinski definition) is 0. The van der Waals surface area contributed by atoms with Gasteiger partial charge in [-0.15, -0.1) is 0 Å². The van der Waals surface area contributed by atoms with Gasteiger partial charge in [0, 0.05) is 6.42 Å². The molecule has 5 rings (SSSR count). The fraction of sp³-hybridized carbons (Fsp3) is 1.00. The van der Waals surface area contributed by atoms with E-state index in [1.165, 1.54) is 89.9 Å². The number of fused-ring (bicyclic) bond motifs is 3. The van der Waals surface area contributed by atoms with E-state index in [9.17, 15) is 0 Å². The van der Waals surface area contributed by atoms with Crippen LogP contribution >= 0.6 is 0 Å². The van der Waals surface area contributed by atoms with Crippen LogP contribution in [0.4, 0.5) is 0 Å². The lowest BCUT2D eigenvalue weighted by Gasteiger charge is -2.54. The van der Waals surface area contributed by atoms with Crippen molar-refractivity contribution in [3.63, 3.8) is 0 Å². The van der Waals surface area contributed by atoms with Gasteiger partial charge in [0.2, 0.25) is 0 Å². The van der Waals surface area contributed by atoms with Crippen molar-refractivity contribution in [1.82, 2.24) is 0 Å². The first-order valence-electron chi connectivity index (χ1n) is 10.9. The van der Waals surface area contributed by atoms with Crippen molar-refractivity contribution in [1.29, 1.82) is 0 Å². The van der Waals surface area contributed by atoms with Gasteiger partial charge in [-0.2, -0.15) is 0 Å². The highest BCUT2D eigenvalue weighted by molar-refractivity contribution is 5.03. The Morgan fingerprint density at radius 2 is 1.54 bits per heavy atom. The lowest BCUT2D eigenvalue weighted by molar-refractivity contribution is -0.249. The SMILES string of the molecule is CC12CCC(CCCCCCCCC3CCC4(C)OC4C3)C(C1)O2. The van der Waals surface area contributed by atoms with Gasteiger partial charge in [0.05, 0.1) is 23.4 Å². The summed E-state index contributed by atoms with van der Waals surface area (Å²) in [5.41, 5.74) is 0.585. The number of rotatable bonds is 9. The molecule has 0 N–H and O–H groups in total. The average Bonchev–Trinajstić information content (AvgIpc) is 3.21. The summed E-state index contributed by atoms with van der Waals surface area (Å²) in [6, 6.07) is 0. The van der Waals surface area contributed by atoms with Gasteiger partial charge < -0.3 is 9.47 Å². The van der Waals surface area contributed by atoms with E-state index in [-0.39, 0.29) is 5.60 Å². The fourth-order valence-corrected chi connectivity index (χ4v) is 5.74. The van der Waals surface area contributed by atoms with Crippen LogP contribution in [-0.2, 0) is 9.47 Å². The van der Waals surface area contributed by atoms with E-state index in [0.29, 0.717) is 17.8 Å². The summed E-state index contributed by atoms with van der Waals surface area (Å²) in [5, 5.41) is 0. The predicted molar refractivity (Wildman–Crippen MR) is 98.2 cm³/mol. The quantitative estimate of drug-likeness (QED) is 0.380. The number of epoxide rings is 1. The zero-order valence-electron chi connectivity index (χ0n) is 16.0. The molecule has 0 spiro atoms. The van der Waals surface area contributed by atoms with Crippen LogP contribution in [0.1, 0.15) is 104 Å². The highest BCUT2D eigenvalue weighted by Gasteiger charge is 2.54.